The zero-order valence-electron chi connectivity index (χ0n) is 10.7. The van der Waals surface area contributed by atoms with E-state index in [1.165, 1.54) is 30.3 Å². The molecule has 0 fully saturated rings. The molecule has 3 aromatic rings. The second-order valence-corrected chi connectivity index (χ2v) is 5.68. The van der Waals surface area contributed by atoms with Gasteiger partial charge in [-0.1, -0.05) is 34.8 Å². The van der Waals surface area contributed by atoms with Crippen LogP contribution in [0.5, 0.6) is 5.88 Å². The van der Waals surface area contributed by atoms with Crippen molar-refractivity contribution in [3.63, 3.8) is 0 Å². The summed E-state index contributed by atoms with van der Waals surface area (Å²) in [6.07, 6.45) is 0. The highest BCUT2D eigenvalue weighted by molar-refractivity contribution is 6.41. The van der Waals surface area contributed by atoms with Gasteiger partial charge in [0, 0.05) is 10.4 Å². The number of aromatic hydroxyl groups is 1. The minimum atomic E-state index is -0.453. The first kappa shape index (κ1) is 15.1. The smallest absolute Gasteiger partial charge is 0.218 e. The molecule has 1 aromatic heterocycles. The number of rotatable bonds is 2. The van der Waals surface area contributed by atoms with Crippen LogP contribution in [0, 0.1) is 5.82 Å². The van der Waals surface area contributed by atoms with E-state index < -0.39 is 5.82 Å². The number of hydrogen-bond acceptors (Lipinski definition) is 3. The second kappa shape index (κ2) is 5.76. The largest absolute Gasteiger partial charge is 0.493 e. The fourth-order valence-electron chi connectivity index (χ4n) is 1.97. The quantitative estimate of drug-likeness (QED) is 0.512. The van der Waals surface area contributed by atoms with Crippen molar-refractivity contribution in [3.8, 4) is 5.88 Å². The number of nitrogens with one attached hydrogen (secondary N) is 1. The molecule has 0 aliphatic rings. The molecule has 0 aliphatic carbocycles. The summed E-state index contributed by atoms with van der Waals surface area (Å²) in [6, 6.07) is 6.94. The van der Waals surface area contributed by atoms with Crippen molar-refractivity contribution < 1.29 is 9.50 Å². The first-order chi connectivity index (χ1) is 10.5. The summed E-state index contributed by atoms with van der Waals surface area (Å²) in [4.78, 5) is 2.68. The highest BCUT2D eigenvalue weighted by Gasteiger charge is 2.12. The zero-order chi connectivity index (χ0) is 15.9. The second-order valence-electron chi connectivity index (χ2n) is 4.43. The third-order valence-corrected chi connectivity index (χ3v) is 3.74. The van der Waals surface area contributed by atoms with Crippen LogP contribution in [0.4, 0.5) is 15.8 Å². The van der Waals surface area contributed by atoms with Gasteiger partial charge in [-0.25, -0.2) is 4.39 Å². The molecule has 0 atom stereocenters. The van der Waals surface area contributed by atoms with Crippen LogP contribution in [-0.2, 0) is 0 Å². The van der Waals surface area contributed by atoms with Gasteiger partial charge in [-0.2, -0.15) is 0 Å². The number of benzene rings is 2. The monoisotopic (exact) mass is 357 g/mol. The molecule has 22 heavy (non-hydrogen) atoms. The molecular weight excluding hydrogens is 352 g/mol. The van der Waals surface area contributed by atoms with Gasteiger partial charge in [0.05, 0.1) is 15.6 Å². The van der Waals surface area contributed by atoms with Gasteiger partial charge in [0.25, 0.3) is 0 Å². The van der Waals surface area contributed by atoms with Crippen LogP contribution in [0.25, 0.3) is 10.9 Å². The third kappa shape index (κ3) is 2.75. The Morgan fingerprint density at radius 1 is 0.955 bits per heavy atom. The van der Waals surface area contributed by atoms with E-state index in [1.807, 2.05) is 0 Å². The van der Waals surface area contributed by atoms with Gasteiger partial charge in [0.2, 0.25) is 5.88 Å². The van der Waals surface area contributed by atoms with Crippen LogP contribution in [0.2, 0.25) is 15.1 Å². The average molecular weight is 359 g/mol. The fraction of sp³-hybridized carbons (Fsp3) is 0. The Morgan fingerprint density at radius 2 is 1.59 bits per heavy atom. The van der Waals surface area contributed by atoms with Crippen LogP contribution in [0.3, 0.4) is 0 Å². The molecule has 2 N–H and O–H groups in total. The summed E-state index contributed by atoms with van der Waals surface area (Å²) in [7, 11) is 0. The molecule has 3 rings (SSSR count). The van der Waals surface area contributed by atoms with Gasteiger partial charge in [0.1, 0.15) is 11.5 Å². The van der Waals surface area contributed by atoms with Crippen molar-refractivity contribution in [2.45, 2.75) is 0 Å². The number of hydrogen-bond donors (Lipinski definition) is 2. The number of H-pyrrole nitrogens is 1. The van der Waals surface area contributed by atoms with Crippen LogP contribution in [0.15, 0.2) is 40.6 Å². The van der Waals surface area contributed by atoms with Crippen LogP contribution < -0.4 is 0 Å². The van der Waals surface area contributed by atoms with Crippen molar-refractivity contribution in [2.24, 2.45) is 10.2 Å². The van der Waals surface area contributed by atoms with Crippen molar-refractivity contribution in [3.05, 3.63) is 51.2 Å². The van der Waals surface area contributed by atoms with Gasteiger partial charge in [-0.05, 0) is 30.3 Å². The Labute approximate surface area is 139 Å². The highest BCUT2D eigenvalue weighted by Crippen LogP contribution is 2.40. The molecule has 0 bridgehead atoms. The summed E-state index contributed by atoms with van der Waals surface area (Å²) in [5.41, 5.74) is 0.829. The maximum Gasteiger partial charge on any atom is 0.218 e. The lowest BCUT2D eigenvalue weighted by atomic mass is 10.2. The normalized spacial score (nSPS) is 11.6. The Kier molecular flexibility index (Phi) is 3.95. The SMILES string of the molecule is Oc1[nH]c2ccc(F)cc2c1N=Nc1c(Cl)cc(Cl)cc1Cl. The lowest BCUT2D eigenvalue weighted by Crippen LogP contribution is -1.73. The molecule has 0 spiro atoms. The van der Waals surface area contributed by atoms with E-state index in [4.69, 9.17) is 34.8 Å². The van der Waals surface area contributed by atoms with Crippen molar-refractivity contribution in [1.82, 2.24) is 4.98 Å². The van der Waals surface area contributed by atoms with E-state index in [2.05, 4.69) is 15.2 Å². The topological polar surface area (TPSA) is 60.7 Å². The van der Waals surface area contributed by atoms with Crippen molar-refractivity contribution in [1.29, 1.82) is 0 Å². The Morgan fingerprint density at radius 3 is 2.27 bits per heavy atom. The summed E-state index contributed by atoms with van der Waals surface area (Å²) in [6.45, 7) is 0. The molecule has 1 heterocycles. The lowest BCUT2D eigenvalue weighted by Gasteiger charge is -2.01. The molecule has 2 aromatic carbocycles. The number of fused-ring (bicyclic) bond motifs is 1. The molecular formula is C14H7Cl3FN3O. The number of azo groups is 1. The summed E-state index contributed by atoms with van der Waals surface area (Å²) >= 11 is 17.8. The Hall–Kier alpha value is -1.82. The predicted molar refractivity (Wildman–Crippen MR) is 85.6 cm³/mol. The van der Waals surface area contributed by atoms with E-state index in [0.29, 0.717) is 15.9 Å². The van der Waals surface area contributed by atoms with Gasteiger partial charge in [-0.15, -0.1) is 10.2 Å². The van der Waals surface area contributed by atoms with Crippen molar-refractivity contribution >= 4 is 57.1 Å². The van der Waals surface area contributed by atoms with Crippen LogP contribution >= 0.6 is 34.8 Å². The molecule has 0 unspecified atom stereocenters. The molecule has 0 amide bonds. The maximum atomic E-state index is 13.3. The minimum Gasteiger partial charge on any atom is -0.493 e. The van der Waals surface area contributed by atoms with E-state index in [-0.39, 0.29) is 27.3 Å². The lowest BCUT2D eigenvalue weighted by molar-refractivity contribution is 0.459. The molecule has 0 radical (unpaired) electrons. The summed E-state index contributed by atoms with van der Waals surface area (Å²) in [5.74, 6) is -0.684. The zero-order valence-corrected chi connectivity index (χ0v) is 13.0. The van der Waals surface area contributed by atoms with Crippen LogP contribution in [0.1, 0.15) is 0 Å². The van der Waals surface area contributed by atoms with Gasteiger partial charge < -0.3 is 10.1 Å². The average Bonchev–Trinajstić information content (AvgIpc) is 2.73. The minimum absolute atomic E-state index is 0.0941. The van der Waals surface area contributed by atoms with Gasteiger partial charge >= 0.3 is 0 Å². The van der Waals surface area contributed by atoms with E-state index >= 15 is 0 Å². The maximum absolute atomic E-state index is 13.3. The van der Waals surface area contributed by atoms with Gasteiger partial charge in [-0.3, -0.25) is 0 Å². The van der Waals surface area contributed by atoms with Gasteiger partial charge in [0.15, 0.2) is 5.69 Å². The van der Waals surface area contributed by atoms with E-state index in [1.54, 1.807) is 0 Å². The molecule has 0 aliphatic heterocycles. The standard InChI is InChI=1S/C14H7Cl3FN3O/c15-6-3-9(16)13(10(17)4-6)21-20-12-8-5-7(18)1-2-11(8)19-14(12)22/h1-5,19,22H. The number of aromatic nitrogens is 1. The van der Waals surface area contributed by atoms with Crippen LogP contribution in [-0.4, -0.2) is 10.1 Å². The Balaban J connectivity index is 2.10. The first-order valence-corrected chi connectivity index (χ1v) is 7.15. The van der Waals surface area contributed by atoms with E-state index in [9.17, 15) is 9.50 Å². The number of aromatic amines is 1. The summed E-state index contributed by atoms with van der Waals surface area (Å²) < 4.78 is 13.3. The summed E-state index contributed by atoms with van der Waals surface area (Å²) in [5, 5.41) is 18.9. The molecule has 112 valence electrons. The van der Waals surface area contributed by atoms with Crippen molar-refractivity contribution in [2.75, 3.05) is 0 Å². The molecule has 0 saturated heterocycles. The molecule has 8 heteroatoms. The predicted octanol–water partition coefficient (Wildman–Crippen LogP) is 6.39. The fourth-order valence-corrected chi connectivity index (χ4v) is 2.86. The number of nitrogens with zero attached hydrogens (tertiary/aromatic N) is 2. The Bertz CT molecular complexity index is 885. The molecule has 4 nitrogen and oxygen atoms in total. The third-order valence-electron chi connectivity index (χ3n) is 2.95. The van der Waals surface area contributed by atoms with E-state index in [0.717, 1.165) is 0 Å². The highest BCUT2D eigenvalue weighted by atomic mass is 35.5. The number of halogens is 4. The first-order valence-electron chi connectivity index (χ1n) is 6.02. The molecule has 0 saturated carbocycles.